The number of rotatable bonds is 4. The standard InChI is InChI=1S/C14H19NO3S/c1-17-12-8-15(9-13(12)18-2)14(16)7-10-3-5-11(19)6-4-10/h3-6,12-13,19H,7-9H2,1-2H3. The molecule has 0 aliphatic carbocycles. The molecule has 1 aliphatic rings. The van der Waals surface area contributed by atoms with Crippen LogP contribution in [0.5, 0.6) is 0 Å². The average Bonchev–Trinajstić information content (AvgIpc) is 2.84. The molecular weight excluding hydrogens is 262 g/mol. The van der Waals surface area contributed by atoms with Crippen molar-refractivity contribution in [2.75, 3.05) is 27.3 Å². The summed E-state index contributed by atoms with van der Waals surface area (Å²) in [7, 11) is 3.30. The number of carbonyl (C=O) groups is 1. The fourth-order valence-electron chi connectivity index (χ4n) is 2.30. The number of hydrogen-bond donors (Lipinski definition) is 1. The highest BCUT2D eigenvalue weighted by Crippen LogP contribution is 2.17. The Hall–Kier alpha value is -1.04. The molecule has 2 unspecified atom stereocenters. The van der Waals surface area contributed by atoms with Gasteiger partial charge in [-0.3, -0.25) is 4.79 Å². The van der Waals surface area contributed by atoms with E-state index in [9.17, 15) is 4.79 Å². The van der Waals surface area contributed by atoms with Crippen molar-refractivity contribution in [3.05, 3.63) is 29.8 Å². The lowest BCUT2D eigenvalue weighted by atomic mass is 10.1. The minimum atomic E-state index is -0.0335. The fraction of sp³-hybridized carbons (Fsp3) is 0.500. The molecular formula is C14H19NO3S. The minimum Gasteiger partial charge on any atom is -0.377 e. The summed E-state index contributed by atoms with van der Waals surface area (Å²) < 4.78 is 10.7. The molecule has 1 amide bonds. The van der Waals surface area contributed by atoms with Gasteiger partial charge in [0.15, 0.2) is 0 Å². The molecule has 5 heteroatoms. The molecule has 1 aliphatic heterocycles. The maximum absolute atomic E-state index is 12.2. The maximum atomic E-state index is 12.2. The summed E-state index contributed by atoms with van der Waals surface area (Å²) in [6, 6.07) is 7.65. The number of hydrogen-bond acceptors (Lipinski definition) is 4. The Balaban J connectivity index is 1.95. The van der Waals surface area contributed by atoms with E-state index in [4.69, 9.17) is 9.47 Å². The van der Waals surface area contributed by atoms with Gasteiger partial charge in [-0.25, -0.2) is 0 Å². The Kier molecular flexibility index (Phi) is 4.85. The Bertz CT molecular complexity index is 423. The van der Waals surface area contributed by atoms with Crippen molar-refractivity contribution in [3.63, 3.8) is 0 Å². The summed E-state index contributed by atoms with van der Waals surface area (Å²) >= 11 is 4.23. The zero-order valence-corrected chi connectivity index (χ0v) is 12.1. The highest BCUT2D eigenvalue weighted by Gasteiger charge is 2.35. The second-order valence-electron chi connectivity index (χ2n) is 4.69. The van der Waals surface area contributed by atoms with Gasteiger partial charge < -0.3 is 14.4 Å². The molecule has 0 aromatic heterocycles. The number of amides is 1. The Labute approximate surface area is 119 Å². The van der Waals surface area contributed by atoms with Crippen LogP contribution >= 0.6 is 12.6 Å². The van der Waals surface area contributed by atoms with Gasteiger partial charge in [-0.2, -0.15) is 0 Å². The Morgan fingerprint density at radius 1 is 1.21 bits per heavy atom. The molecule has 1 aromatic rings. The summed E-state index contributed by atoms with van der Waals surface area (Å²) in [6.45, 7) is 1.19. The zero-order chi connectivity index (χ0) is 13.8. The molecule has 1 fully saturated rings. The van der Waals surface area contributed by atoms with Crippen LogP contribution in [-0.2, 0) is 20.7 Å². The van der Waals surface area contributed by atoms with E-state index in [1.165, 1.54) is 0 Å². The molecule has 1 aromatic carbocycles. The van der Waals surface area contributed by atoms with Crippen molar-refractivity contribution >= 4 is 18.5 Å². The van der Waals surface area contributed by atoms with E-state index in [1.807, 2.05) is 24.3 Å². The van der Waals surface area contributed by atoms with Gasteiger partial charge in [0.05, 0.1) is 6.42 Å². The van der Waals surface area contributed by atoms with E-state index in [2.05, 4.69) is 12.6 Å². The molecule has 0 N–H and O–H groups in total. The minimum absolute atomic E-state index is 0.0335. The average molecular weight is 281 g/mol. The normalized spacial score (nSPS) is 22.8. The molecule has 4 nitrogen and oxygen atoms in total. The van der Waals surface area contributed by atoms with E-state index in [0.29, 0.717) is 19.5 Å². The second kappa shape index (κ2) is 6.41. The Morgan fingerprint density at radius 2 is 1.74 bits per heavy atom. The van der Waals surface area contributed by atoms with Gasteiger partial charge >= 0.3 is 0 Å². The van der Waals surface area contributed by atoms with Crippen LogP contribution in [0.4, 0.5) is 0 Å². The van der Waals surface area contributed by atoms with Crippen LogP contribution in [0.25, 0.3) is 0 Å². The highest BCUT2D eigenvalue weighted by molar-refractivity contribution is 7.80. The molecule has 0 radical (unpaired) electrons. The van der Waals surface area contributed by atoms with Crippen molar-refractivity contribution in [2.45, 2.75) is 23.5 Å². The number of benzene rings is 1. The lowest BCUT2D eigenvalue weighted by molar-refractivity contribution is -0.130. The van der Waals surface area contributed by atoms with Gasteiger partial charge in [0, 0.05) is 32.2 Å². The predicted octanol–water partition coefficient (Wildman–Crippen LogP) is 1.39. The van der Waals surface area contributed by atoms with Crippen LogP contribution in [0.2, 0.25) is 0 Å². The van der Waals surface area contributed by atoms with Crippen molar-refractivity contribution in [1.29, 1.82) is 0 Å². The molecule has 0 spiro atoms. The van der Waals surface area contributed by atoms with Crippen LogP contribution in [0.3, 0.4) is 0 Å². The molecule has 1 saturated heterocycles. The van der Waals surface area contributed by atoms with Crippen LogP contribution in [-0.4, -0.2) is 50.3 Å². The number of nitrogens with zero attached hydrogens (tertiary/aromatic N) is 1. The van der Waals surface area contributed by atoms with Gasteiger partial charge in [0.2, 0.25) is 5.91 Å². The number of carbonyl (C=O) groups excluding carboxylic acids is 1. The van der Waals surface area contributed by atoms with Gasteiger partial charge in [-0.05, 0) is 17.7 Å². The summed E-state index contributed by atoms with van der Waals surface area (Å²) in [6.07, 6.45) is 0.337. The predicted molar refractivity (Wildman–Crippen MR) is 75.6 cm³/mol. The van der Waals surface area contributed by atoms with Crippen molar-refractivity contribution in [3.8, 4) is 0 Å². The molecule has 104 valence electrons. The van der Waals surface area contributed by atoms with Crippen LogP contribution < -0.4 is 0 Å². The summed E-state index contributed by atoms with van der Waals surface area (Å²) in [4.78, 5) is 14.9. The topological polar surface area (TPSA) is 38.8 Å². The number of ether oxygens (including phenoxy) is 2. The van der Waals surface area contributed by atoms with E-state index in [1.54, 1.807) is 19.1 Å². The smallest absolute Gasteiger partial charge is 0.227 e. The Morgan fingerprint density at radius 3 is 2.21 bits per heavy atom. The van der Waals surface area contributed by atoms with E-state index in [-0.39, 0.29) is 18.1 Å². The monoisotopic (exact) mass is 281 g/mol. The molecule has 0 bridgehead atoms. The molecule has 0 saturated carbocycles. The summed E-state index contributed by atoms with van der Waals surface area (Å²) in [5, 5.41) is 0. The summed E-state index contributed by atoms with van der Waals surface area (Å²) in [5.74, 6) is 0.105. The maximum Gasteiger partial charge on any atom is 0.227 e. The lowest BCUT2D eigenvalue weighted by Crippen LogP contribution is -2.31. The van der Waals surface area contributed by atoms with Gasteiger partial charge in [0.1, 0.15) is 12.2 Å². The number of thiol groups is 1. The van der Waals surface area contributed by atoms with Gasteiger partial charge in [-0.1, -0.05) is 12.1 Å². The van der Waals surface area contributed by atoms with Gasteiger partial charge in [-0.15, -0.1) is 12.6 Å². The van der Waals surface area contributed by atoms with Crippen LogP contribution in [0.1, 0.15) is 5.56 Å². The van der Waals surface area contributed by atoms with E-state index >= 15 is 0 Å². The molecule has 2 rings (SSSR count). The first-order chi connectivity index (χ1) is 9.13. The third-order valence-electron chi connectivity index (χ3n) is 3.47. The van der Waals surface area contributed by atoms with Crippen molar-refractivity contribution in [1.82, 2.24) is 4.90 Å². The largest absolute Gasteiger partial charge is 0.377 e. The van der Waals surface area contributed by atoms with Gasteiger partial charge in [0.25, 0.3) is 0 Å². The first-order valence-electron chi connectivity index (χ1n) is 6.25. The first kappa shape index (κ1) is 14.4. The molecule has 1 heterocycles. The highest BCUT2D eigenvalue weighted by atomic mass is 32.1. The van der Waals surface area contributed by atoms with Crippen molar-refractivity contribution in [2.24, 2.45) is 0 Å². The molecule has 2 atom stereocenters. The van der Waals surface area contributed by atoms with Crippen LogP contribution in [0, 0.1) is 0 Å². The van der Waals surface area contributed by atoms with Crippen molar-refractivity contribution < 1.29 is 14.3 Å². The quantitative estimate of drug-likeness (QED) is 0.848. The van der Waals surface area contributed by atoms with Crippen LogP contribution in [0.15, 0.2) is 29.2 Å². The zero-order valence-electron chi connectivity index (χ0n) is 11.2. The SMILES string of the molecule is COC1CN(C(=O)Cc2ccc(S)cc2)CC1OC. The summed E-state index contributed by atoms with van der Waals surface area (Å²) in [5.41, 5.74) is 0.998. The third-order valence-corrected chi connectivity index (χ3v) is 3.76. The van der Waals surface area contributed by atoms with E-state index < -0.39 is 0 Å². The van der Waals surface area contributed by atoms with E-state index in [0.717, 1.165) is 10.5 Å². The lowest BCUT2D eigenvalue weighted by Gasteiger charge is -2.15. The third kappa shape index (κ3) is 3.49. The number of likely N-dealkylation sites (tertiary alicyclic amines) is 1. The molecule has 19 heavy (non-hydrogen) atoms. The second-order valence-corrected chi connectivity index (χ2v) is 5.21. The fourth-order valence-corrected chi connectivity index (χ4v) is 2.45. The number of methoxy groups -OCH3 is 2. The first-order valence-corrected chi connectivity index (χ1v) is 6.70.